The minimum atomic E-state index is -2.81. The summed E-state index contributed by atoms with van der Waals surface area (Å²) in [4.78, 5) is 26.8. The Kier molecular flexibility index (Phi) is 8.45. The highest BCUT2D eigenvalue weighted by atomic mass is 35.5. The summed E-state index contributed by atoms with van der Waals surface area (Å²) in [5.41, 5.74) is -1.08. The number of rotatable bonds is 8. The Labute approximate surface area is 216 Å². The van der Waals surface area contributed by atoms with Crippen molar-refractivity contribution < 1.29 is 28.4 Å². The minimum Gasteiger partial charge on any atom is -0.496 e. The van der Waals surface area contributed by atoms with E-state index in [0.29, 0.717) is 5.75 Å². The van der Waals surface area contributed by atoms with Crippen LogP contribution in [0.15, 0.2) is 42.5 Å². The van der Waals surface area contributed by atoms with Crippen molar-refractivity contribution in [2.45, 2.75) is 0 Å². The van der Waals surface area contributed by atoms with Gasteiger partial charge in [0.05, 0.1) is 52.3 Å². The number of benzene rings is 3. The van der Waals surface area contributed by atoms with Gasteiger partial charge in [0.25, 0.3) is 5.52 Å². The van der Waals surface area contributed by atoms with Gasteiger partial charge in [0, 0.05) is 17.7 Å². The van der Waals surface area contributed by atoms with E-state index in [1.165, 1.54) is 51.7 Å². The van der Waals surface area contributed by atoms with Gasteiger partial charge in [-0.1, -0.05) is 58.5 Å². The quantitative estimate of drug-likeness (QED) is 0.170. The van der Waals surface area contributed by atoms with E-state index in [9.17, 15) is 14.2 Å². The molecule has 3 aromatic carbocycles. The fourth-order valence-electron chi connectivity index (χ4n) is 3.18. The summed E-state index contributed by atoms with van der Waals surface area (Å²) < 4.78 is 29.3. The van der Waals surface area contributed by atoms with E-state index >= 15 is 0 Å². The number of carbonyl (C=O) groups excluding carboxylic acids is 2. The standard InChI is InChI=1S/C23H16Cl4O6P/c1-31-11-8-15(32-2)18(16(9-11)33-3)23(29)34(30)17-7-5-4-6-12(17)22(28)19-20(26)13(24)10-14(25)21(19)27/h4-10H,1-3H3. The molecule has 0 bridgehead atoms. The molecule has 1 unspecified atom stereocenters. The molecule has 0 aromatic heterocycles. The van der Waals surface area contributed by atoms with Gasteiger partial charge in [-0.15, -0.1) is 0 Å². The lowest BCUT2D eigenvalue weighted by Gasteiger charge is -2.15. The Hall–Kier alpha value is -2.34. The van der Waals surface area contributed by atoms with Crippen LogP contribution in [0.25, 0.3) is 0 Å². The molecule has 0 heterocycles. The summed E-state index contributed by atoms with van der Waals surface area (Å²) in [6.07, 6.45) is 0. The zero-order chi connectivity index (χ0) is 25.2. The summed E-state index contributed by atoms with van der Waals surface area (Å²) in [6, 6.07) is 10.1. The highest BCUT2D eigenvalue weighted by Gasteiger charge is 2.31. The lowest BCUT2D eigenvalue weighted by atomic mass is 10.0. The van der Waals surface area contributed by atoms with Crippen molar-refractivity contribution in [3.05, 3.63) is 79.2 Å². The lowest BCUT2D eigenvalue weighted by Crippen LogP contribution is -2.17. The zero-order valence-corrected chi connectivity index (χ0v) is 21.9. The van der Waals surface area contributed by atoms with E-state index in [1.54, 1.807) is 12.1 Å². The minimum absolute atomic E-state index is 0.0186. The van der Waals surface area contributed by atoms with Crippen LogP contribution in [0.5, 0.6) is 17.2 Å². The third-order valence-electron chi connectivity index (χ3n) is 4.82. The second kappa shape index (κ2) is 10.9. The molecule has 0 amide bonds. The molecule has 177 valence electrons. The molecule has 34 heavy (non-hydrogen) atoms. The normalized spacial score (nSPS) is 11.1. The first-order valence-corrected chi connectivity index (χ1v) is 12.2. The van der Waals surface area contributed by atoms with Gasteiger partial charge in [-0.3, -0.25) is 14.2 Å². The summed E-state index contributed by atoms with van der Waals surface area (Å²) in [5.74, 6) is -0.125. The summed E-state index contributed by atoms with van der Waals surface area (Å²) in [5, 5.41) is -0.224. The molecule has 0 aliphatic carbocycles. The highest BCUT2D eigenvalue weighted by Crippen LogP contribution is 2.42. The topological polar surface area (TPSA) is 78.9 Å². The van der Waals surface area contributed by atoms with Gasteiger partial charge < -0.3 is 14.2 Å². The maximum atomic E-state index is 13.5. The smallest absolute Gasteiger partial charge is 0.254 e. The molecule has 0 aliphatic rings. The number of methoxy groups -OCH3 is 3. The molecule has 3 rings (SSSR count). The maximum Gasteiger partial charge on any atom is 0.254 e. The molecule has 1 radical (unpaired) electrons. The molecule has 0 aliphatic heterocycles. The van der Waals surface area contributed by atoms with Gasteiger partial charge in [-0.05, 0) is 18.2 Å². The van der Waals surface area contributed by atoms with E-state index in [4.69, 9.17) is 60.6 Å². The first-order valence-electron chi connectivity index (χ1n) is 9.44. The van der Waals surface area contributed by atoms with Crippen LogP contribution in [0.4, 0.5) is 0 Å². The third-order valence-corrected chi connectivity index (χ3v) is 7.81. The molecular formula is C23H16Cl4O6P. The average molecular weight is 561 g/mol. The van der Waals surface area contributed by atoms with Crippen LogP contribution in [0.3, 0.4) is 0 Å². The number of carbonyl (C=O) groups is 2. The monoisotopic (exact) mass is 559 g/mol. The van der Waals surface area contributed by atoms with Crippen LogP contribution in [0.1, 0.15) is 26.3 Å². The first-order chi connectivity index (χ1) is 16.2. The van der Waals surface area contributed by atoms with Crippen LogP contribution in [0.2, 0.25) is 20.1 Å². The molecule has 0 saturated heterocycles. The SMILES string of the molecule is COc1cc(OC)c(C(=O)[P](=O)c2ccccc2C(=O)c2c(Cl)c(Cl)cc(Cl)c2Cl)c(OC)c1. The fourth-order valence-corrected chi connectivity index (χ4v) is 5.42. The van der Waals surface area contributed by atoms with Crippen molar-refractivity contribution in [3.8, 4) is 17.2 Å². The zero-order valence-electron chi connectivity index (χ0n) is 18.0. The van der Waals surface area contributed by atoms with Crippen molar-refractivity contribution >= 4 is 70.8 Å². The van der Waals surface area contributed by atoms with Gasteiger partial charge in [0.1, 0.15) is 22.8 Å². The van der Waals surface area contributed by atoms with E-state index in [-0.39, 0.29) is 53.6 Å². The van der Waals surface area contributed by atoms with E-state index in [2.05, 4.69) is 0 Å². The van der Waals surface area contributed by atoms with E-state index in [0.717, 1.165) is 0 Å². The van der Waals surface area contributed by atoms with Crippen molar-refractivity contribution in [1.29, 1.82) is 0 Å². The van der Waals surface area contributed by atoms with Crippen molar-refractivity contribution in [2.24, 2.45) is 0 Å². The molecule has 3 aromatic rings. The molecule has 0 spiro atoms. The van der Waals surface area contributed by atoms with Gasteiger partial charge in [0.2, 0.25) is 0 Å². The molecule has 6 nitrogen and oxygen atoms in total. The van der Waals surface area contributed by atoms with Crippen molar-refractivity contribution in [3.63, 3.8) is 0 Å². The van der Waals surface area contributed by atoms with E-state index in [1.807, 2.05) is 0 Å². The molecule has 1 atom stereocenters. The lowest BCUT2D eigenvalue weighted by molar-refractivity contribution is 0.103. The molecule has 0 saturated carbocycles. The first kappa shape index (κ1) is 26.3. The maximum absolute atomic E-state index is 13.5. The summed E-state index contributed by atoms with van der Waals surface area (Å²) in [6.45, 7) is 0. The molecule has 11 heteroatoms. The second-order valence-corrected chi connectivity index (χ2v) is 9.74. The van der Waals surface area contributed by atoms with Gasteiger partial charge in [-0.2, -0.15) is 0 Å². The van der Waals surface area contributed by atoms with Gasteiger partial charge in [0.15, 0.2) is 13.6 Å². The van der Waals surface area contributed by atoms with E-state index < -0.39 is 19.1 Å². The Bertz CT molecular complexity index is 1270. The average Bonchev–Trinajstić information content (AvgIpc) is 2.85. The number of ketones is 1. The fraction of sp³-hybridized carbons (Fsp3) is 0.130. The van der Waals surface area contributed by atoms with Crippen molar-refractivity contribution in [2.75, 3.05) is 21.3 Å². The Morgan fingerprint density at radius 1 is 0.765 bits per heavy atom. The largest absolute Gasteiger partial charge is 0.496 e. The Balaban J connectivity index is 2.15. The number of ether oxygens (including phenoxy) is 3. The van der Waals surface area contributed by atoms with Gasteiger partial charge >= 0.3 is 0 Å². The summed E-state index contributed by atoms with van der Waals surface area (Å²) in [7, 11) is 1.33. The molecule has 0 N–H and O–H groups in total. The highest BCUT2D eigenvalue weighted by molar-refractivity contribution is 7.71. The predicted molar refractivity (Wildman–Crippen MR) is 134 cm³/mol. The van der Waals surface area contributed by atoms with Gasteiger partial charge in [-0.25, -0.2) is 0 Å². The van der Waals surface area contributed by atoms with Crippen LogP contribution in [0, 0.1) is 0 Å². The van der Waals surface area contributed by atoms with Crippen LogP contribution >= 0.6 is 54.2 Å². The van der Waals surface area contributed by atoms with Crippen molar-refractivity contribution in [1.82, 2.24) is 0 Å². The van der Waals surface area contributed by atoms with Crippen LogP contribution < -0.4 is 19.5 Å². The summed E-state index contributed by atoms with van der Waals surface area (Å²) >= 11 is 24.6. The predicted octanol–water partition coefficient (Wildman–Crippen LogP) is 6.85. The second-order valence-electron chi connectivity index (χ2n) is 6.70. The number of halogens is 4. The molecule has 0 fully saturated rings. The van der Waals surface area contributed by atoms with Crippen LogP contribution in [-0.2, 0) is 4.57 Å². The molecular weight excluding hydrogens is 545 g/mol. The third kappa shape index (κ3) is 4.88. The number of hydrogen-bond acceptors (Lipinski definition) is 6. The Morgan fingerprint density at radius 2 is 1.29 bits per heavy atom. The Morgan fingerprint density at radius 3 is 1.79 bits per heavy atom. The number of hydrogen-bond donors (Lipinski definition) is 0. The van der Waals surface area contributed by atoms with Crippen LogP contribution in [-0.4, -0.2) is 32.6 Å².